The molecule has 1 aromatic carbocycles. The van der Waals surface area contributed by atoms with Gasteiger partial charge in [-0.1, -0.05) is 18.2 Å². The number of imide groups is 1. The lowest BCUT2D eigenvalue weighted by atomic mass is 10.1. The van der Waals surface area contributed by atoms with Gasteiger partial charge in [0.15, 0.2) is 0 Å². The van der Waals surface area contributed by atoms with Crippen LogP contribution >= 0.6 is 0 Å². The smallest absolute Gasteiger partial charge is 0.261 e. The van der Waals surface area contributed by atoms with E-state index in [2.05, 4.69) is 10.4 Å². The number of carbonyl (C=O) groups is 3. The Kier molecular flexibility index (Phi) is 4.42. The van der Waals surface area contributed by atoms with Crippen molar-refractivity contribution in [1.29, 1.82) is 0 Å². The maximum absolute atomic E-state index is 12.3. The van der Waals surface area contributed by atoms with Gasteiger partial charge in [-0.15, -0.1) is 0 Å². The maximum atomic E-state index is 12.3. The fourth-order valence-electron chi connectivity index (χ4n) is 3.19. The number of hydrogen-bond donors (Lipinski definition) is 1. The van der Waals surface area contributed by atoms with Crippen molar-refractivity contribution in [3.05, 3.63) is 71.5 Å². The van der Waals surface area contributed by atoms with E-state index in [-0.39, 0.29) is 30.7 Å². The van der Waals surface area contributed by atoms with Gasteiger partial charge < -0.3 is 5.32 Å². The van der Waals surface area contributed by atoms with Crippen LogP contribution in [0.4, 0.5) is 0 Å². The minimum atomic E-state index is -0.291. The fourth-order valence-corrected chi connectivity index (χ4v) is 3.19. The van der Waals surface area contributed by atoms with Crippen molar-refractivity contribution in [2.75, 3.05) is 6.54 Å². The Bertz CT molecular complexity index is 972. The fraction of sp³-hybridized carbons (Fsp3) is 0.200. The van der Waals surface area contributed by atoms with Gasteiger partial charge in [0.25, 0.3) is 11.8 Å². The molecular formula is C20H18N4O3. The third kappa shape index (κ3) is 3.31. The molecule has 0 saturated carbocycles. The van der Waals surface area contributed by atoms with Crippen LogP contribution < -0.4 is 5.32 Å². The van der Waals surface area contributed by atoms with Crippen molar-refractivity contribution in [1.82, 2.24) is 19.8 Å². The van der Waals surface area contributed by atoms with Crippen molar-refractivity contribution in [2.24, 2.45) is 0 Å². The normalized spacial score (nSPS) is 13.3. The third-order valence-electron chi connectivity index (χ3n) is 4.55. The number of aromatic nitrogens is 2. The van der Waals surface area contributed by atoms with Gasteiger partial charge in [0, 0.05) is 19.2 Å². The zero-order chi connectivity index (χ0) is 18.8. The Hall–Kier alpha value is -3.48. The van der Waals surface area contributed by atoms with E-state index in [9.17, 15) is 14.4 Å². The van der Waals surface area contributed by atoms with E-state index < -0.39 is 0 Å². The molecule has 3 amide bonds. The Labute approximate surface area is 155 Å². The first kappa shape index (κ1) is 17.0. The van der Waals surface area contributed by atoms with Crippen LogP contribution in [-0.4, -0.2) is 38.8 Å². The summed E-state index contributed by atoms with van der Waals surface area (Å²) >= 11 is 0. The summed E-state index contributed by atoms with van der Waals surface area (Å²) in [6.07, 6.45) is 2.51. The molecule has 0 bridgehead atoms. The minimum Gasteiger partial charge on any atom is -0.350 e. The number of benzene rings is 1. The molecule has 136 valence electrons. The van der Waals surface area contributed by atoms with Gasteiger partial charge >= 0.3 is 0 Å². The van der Waals surface area contributed by atoms with Crippen LogP contribution in [0.25, 0.3) is 5.52 Å². The van der Waals surface area contributed by atoms with Crippen molar-refractivity contribution in [2.45, 2.75) is 19.4 Å². The summed E-state index contributed by atoms with van der Waals surface area (Å²) in [6.45, 7) is 0.571. The molecule has 0 aliphatic carbocycles. The summed E-state index contributed by atoms with van der Waals surface area (Å²) < 4.78 is 1.75. The van der Waals surface area contributed by atoms with Crippen LogP contribution in [0, 0.1) is 0 Å². The average Bonchev–Trinajstić information content (AvgIpc) is 3.21. The number of carbonyl (C=O) groups excluding carboxylic acids is 3. The highest BCUT2D eigenvalue weighted by atomic mass is 16.2. The molecule has 0 spiro atoms. The first-order chi connectivity index (χ1) is 13.1. The first-order valence-corrected chi connectivity index (χ1v) is 8.79. The molecule has 0 unspecified atom stereocenters. The second-order valence-corrected chi connectivity index (χ2v) is 6.39. The number of amides is 3. The molecule has 3 aromatic rings. The molecule has 0 fully saturated rings. The quantitative estimate of drug-likeness (QED) is 0.680. The van der Waals surface area contributed by atoms with Gasteiger partial charge in [0.1, 0.15) is 0 Å². The van der Waals surface area contributed by atoms with Crippen LogP contribution in [0.15, 0.2) is 54.7 Å². The zero-order valence-corrected chi connectivity index (χ0v) is 14.6. The first-order valence-electron chi connectivity index (χ1n) is 8.79. The summed E-state index contributed by atoms with van der Waals surface area (Å²) in [7, 11) is 0. The second kappa shape index (κ2) is 7.03. The predicted octanol–water partition coefficient (Wildman–Crippen LogP) is 2.03. The number of fused-ring (bicyclic) bond motifs is 2. The van der Waals surface area contributed by atoms with Crippen LogP contribution in [0.2, 0.25) is 0 Å². The highest BCUT2D eigenvalue weighted by Crippen LogP contribution is 2.22. The monoisotopic (exact) mass is 362 g/mol. The molecule has 0 saturated heterocycles. The van der Waals surface area contributed by atoms with Crippen LogP contribution in [0.5, 0.6) is 0 Å². The summed E-state index contributed by atoms with van der Waals surface area (Å²) in [5.74, 6) is -0.718. The van der Waals surface area contributed by atoms with E-state index in [4.69, 9.17) is 0 Å². The number of nitrogens with zero attached hydrogens (tertiary/aromatic N) is 3. The SMILES string of the molecule is O=C(CCCN1C(=O)c2ccccc2C1=O)NCc1cc2ccccn2n1. The van der Waals surface area contributed by atoms with E-state index in [1.54, 1.807) is 28.8 Å². The molecule has 27 heavy (non-hydrogen) atoms. The molecule has 0 radical (unpaired) electrons. The molecule has 4 rings (SSSR count). The van der Waals surface area contributed by atoms with Crippen molar-refractivity contribution < 1.29 is 14.4 Å². The average molecular weight is 362 g/mol. The molecule has 1 aliphatic heterocycles. The van der Waals surface area contributed by atoms with Gasteiger partial charge in [-0.2, -0.15) is 5.10 Å². The summed E-state index contributed by atoms with van der Waals surface area (Å²) in [6, 6.07) is 14.5. The second-order valence-electron chi connectivity index (χ2n) is 6.39. The Morgan fingerprint density at radius 3 is 2.41 bits per heavy atom. The van der Waals surface area contributed by atoms with Crippen molar-refractivity contribution in [3.8, 4) is 0 Å². The van der Waals surface area contributed by atoms with E-state index in [0.29, 0.717) is 24.1 Å². The Morgan fingerprint density at radius 2 is 1.70 bits per heavy atom. The highest BCUT2D eigenvalue weighted by molar-refractivity contribution is 6.21. The molecule has 0 atom stereocenters. The van der Waals surface area contributed by atoms with Crippen LogP contribution in [0.3, 0.4) is 0 Å². The molecular weight excluding hydrogens is 344 g/mol. The van der Waals surface area contributed by atoms with Crippen LogP contribution in [-0.2, 0) is 11.3 Å². The standard InChI is InChI=1S/C20H18N4O3/c25-18(21-13-14-12-15-6-3-4-11-24(15)22-14)9-5-10-23-19(26)16-7-1-2-8-17(16)20(23)27/h1-4,6-8,11-12H,5,9-10,13H2,(H,21,25). The Balaban J connectivity index is 1.26. The number of hydrogen-bond acceptors (Lipinski definition) is 4. The lowest BCUT2D eigenvalue weighted by Gasteiger charge is -2.13. The zero-order valence-electron chi connectivity index (χ0n) is 14.6. The molecule has 1 N–H and O–H groups in total. The van der Waals surface area contributed by atoms with E-state index in [1.807, 2.05) is 30.5 Å². The number of pyridine rings is 1. The summed E-state index contributed by atoms with van der Waals surface area (Å²) in [5, 5.41) is 7.20. The third-order valence-corrected chi connectivity index (χ3v) is 4.55. The molecule has 7 nitrogen and oxygen atoms in total. The lowest BCUT2D eigenvalue weighted by molar-refractivity contribution is -0.121. The molecule has 3 heterocycles. The lowest BCUT2D eigenvalue weighted by Crippen LogP contribution is -2.32. The van der Waals surface area contributed by atoms with Crippen molar-refractivity contribution in [3.63, 3.8) is 0 Å². The van der Waals surface area contributed by atoms with Gasteiger partial charge in [0.2, 0.25) is 5.91 Å². The molecule has 1 aliphatic rings. The van der Waals surface area contributed by atoms with Crippen LogP contribution in [0.1, 0.15) is 39.3 Å². The van der Waals surface area contributed by atoms with Gasteiger partial charge in [-0.3, -0.25) is 19.3 Å². The van der Waals surface area contributed by atoms with Gasteiger partial charge in [0.05, 0.1) is 28.9 Å². The maximum Gasteiger partial charge on any atom is 0.261 e. The minimum absolute atomic E-state index is 0.135. The Morgan fingerprint density at radius 1 is 1.00 bits per heavy atom. The largest absolute Gasteiger partial charge is 0.350 e. The molecule has 7 heteroatoms. The molecule has 2 aromatic heterocycles. The topological polar surface area (TPSA) is 83.8 Å². The van der Waals surface area contributed by atoms with Crippen molar-refractivity contribution >= 4 is 23.2 Å². The van der Waals surface area contributed by atoms with E-state index in [1.165, 1.54) is 4.90 Å². The highest BCUT2D eigenvalue weighted by Gasteiger charge is 2.34. The van der Waals surface area contributed by atoms with Gasteiger partial charge in [-0.25, -0.2) is 4.52 Å². The number of nitrogens with one attached hydrogen (secondary N) is 1. The predicted molar refractivity (Wildman–Crippen MR) is 98.1 cm³/mol. The van der Waals surface area contributed by atoms with Gasteiger partial charge in [-0.05, 0) is 36.8 Å². The summed E-state index contributed by atoms with van der Waals surface area (Å²) in [4.78, 5) is 37.8. The summed E-state index contributed by atoms with van der Waals surface area (Å²) in [5.41, 5.74) is 2.60. The number of rotatable bonds is 6. The van der Waals surface area contributed by atoms with E-state index >= 15 is 0 Å². The van der Waals surface area contributed by atoms with E-state index in [0.717, 1.165) is 11.2 Å².